The second-order valence-electron chi connectivity index (χ2n) is 4.58. The number of halogens is 1. The Bertz CT molecular complexity index is 831. The van der Waals surface area contributed by atoms with Crippen molar-refractivity contribution >= 4 is 28.3 Å². The Morgan fingerprint density at radius 1 is 1.36 bits per heavy atom. The largest absolute Gasteiger partial charge is 0.358 e. The van der Waals surface area contributed by atoms with Gasteiger partial charge in [-0.2, -0.15) is 5.10 Å². The first kappa shape index (κ1) is 13.9. The normalized spacial score (nSPS) is 10.6. The second-order valence-corrected chi connectivity index (χ2v) is 4.58. The van der Waals surface area contributed by atoms with Crippen LogP contribution in [0.4, 0.5) is 15.9 Å². The van der Waals surface area contributed by atoms with Crippen molar-refractivity contribution in [3.63, 3.8) is 0 Å². The molecule has 2 aromatic heterocycles. The summed E-state index contributed by atoms with van der Waals surface area (Å²) in [5, 5.41) is 10.2. The standard InChI is InChI=1S/C14H13FN6O/c1-16-12(22)7-21-6-9(5-19-21)20-14-10-3-2-4-11(15)13(10)17-8-18-14/h2-6,8H,7H2,1H3,(H,16,22)(H,17,18,20). The Morgan fingerprint density at radius 3 is 3.05 bits per heavy atom. The summed E-state index contributed by atoms with van der Waals surface area (Å²) in [5.41, 5.74) is 0.894. The molecule has 2 N–H and O–H groups in total. The monoisotopic (exact) mass is 300 g/mol. The van der Waals surface area contributed by atoms with E-state index in [0.29, 0.717) is 16.9 Å². The van der Waals surface area contributed by atoms with Crippen LogP contribution in [0.1, 0.15) is 0 Å². The number of para-hydroxylation sites is 1. The summed E-state index contributed by atoms with van der Waals surface area (Å²) in [6, 6.07) is 4.68. The quantitative estimate of drug-likeness (QED) is 0.762. The zero-order chi connectivity index (χ0) is 15.5. The van der Waals surface area contributed by atoms with Crippen molar-refractivity contribution in [2.75, 3.05) is 12.4 Å². The fourth-order valence-corrected chi connectivity index (χ4v) is 2.03. The molecule has 1 aromatic carbocycles. The van der Waals surface area contributed by atoms with Gasteiger partial charge in [-0.1, -0.05) is 6.07 Å². The van der Waals surface area contributed by atoms with Gasteiger partial charge in [-0.3, -0.25) is 9.48 Å². The van der Waals surface area contributed by atoms with Gasteiger partial charge in [0.15, 0.2) is 0 Å². The Hall–Kier alpha value is -3.03. The van der Waals surface area contributed by atoms with Crippen LogP contribution in [-0.4, -0.2) is 32.7 Å². The molecule has 0 aliphatic carbocycles. The van der Waals surface area contributed by atoms with E-state index in [1.54, 1.807) is 31.6 Å². The highest BCUT2D eigenvalue weighted by atomic mass is 19.1. The Labute approximate surface area is 125 Å². The van der Waals surface area contributed by atoms with Gasteiger partial charge in [0.05, 0.1) is 11.9 Å². The predicted octanol–water partition coefficient (Wildman–Crippen LogP) is 1.45. The molecule has 0 bridgehead atoms. The molecule has 7 nitrogen and oxygen atoms in total. The third-order valence-corrected chi connectivity index (χ3v) is 3.10. The number of nitrogens with one attached hydrogen (secondary N) is 2. The van der Waals surface area contributed by atoms with Gasteiger partial charge in [-0.05, 0) is 12.1 Å². The number of amides is 1. The van der Waals surface area contributed by atoms with Crippen LogP contribution in [0.2, 0.25) is 0 Å². The maximum atomic E-state index is 13.7. The Kier molecular flexibility index (Phi) is 3.65. The van der Waals surface area contributed by atoms with Gasteiger partial charge in [0, 0.05) is 18.6 Å². The second kappa shape index (κ2) is 5.76. The summed E-state index contributed by atoms with van der Waals surface area (Å²) in [6.07, 6.45) is 4.53. The summed E-state index contributed by atoms with van der Waals surface area (Å²) >= 11 is 0. The summed E-state index contributed by atoms with van der Waals surface area (Å²) in [5.74, 6) is -0.0773. The number of likely N-dealkylation sites (N-methyl/N-ethyl adjacent to an activating group) is 1. The van der Waals surface area contributed by atoms with Crippen LogP contribution in [0.3, 0.4) is 0 Å². The number of carbonyl (C=O) groups excluding carboxylic acids is 1. The summed E-state index contributed by atoms with van der Waals surface area (Å²) in [4.78, 5) is 19.4. The van der Waals surface area contributed by atoms with Crippen molar-refractivity contribution in [3.05, 3.63) is 42.7 Å². The van der Waals surface area contributed by atoms with E-state index in [1.165, 1.54) is 17.1 Å². The van der Waals surface area contributed by atoms with Gasteiger partial charge in [0.2, 0.25) is 5.91 Å². The molecule has 3 aromatic rings. The fraction of sp³-hybridized carbons (Fsp3) is 0.143. The molecule has 0 saturated heterocycles. The molecule has 0 saturated carbocycles. The number of aromatic nitrogens is 4. The third-order valence-electron chi connectivity index (χ3n) is 3.10. The van der Waals surface area contributed by atoms with Gasteiger partial charge in [0.25, 0.3) is 0 Å². The zero-order valence-corrected chi connectivity index (χ0v) is 11.7. The average molecular weight is 300 g/mol. The topological polar surface area (TPSA) is 84.7 Å². The number of fused-ring (bicyclic) bond motifs is 1. The lowest BCUT2D eigenvalue weighted by molar-refractivity contribution is -0.121. The lowest BCUT2D eigenvalue weighted by atomic mass is 10.2. The molecule has 112 valence electrons. The van der Waals surface area contributed by atoms with E-state index in [2.05, 4.69) is 25.7 Å². The number of rotatable bonds is 4. The lowest BCUT2D eigenvalue weighted by Gasteiger charge is -2.06. The highest BCUT2D eigenvalue weighted by molar-refractivity contribution is 5.90. The Morgan fingerprint density at radius 2 is 2.23 bits per heavy atom. The summed E-state index contributed by atoms with van der Waals surface area (Å²) in [6.45, 7) is 0.122. The summed E-state index contributed by atoms with van der Waals surface area (Å²) in [7, 11) is 1.56. The van der Waals surface area contributed by atoms with Gasteiger partial charge in [0.1, 0.15) is 30.0 Å². The summed E-state index contributed by atoms with van der Waals surface area (Å²) < 4.78 is 15.2. The van der Waals surface area contributed by atoms with Crippen molar-refractivity contribution in [3.8, 4) is 0 Å². The number of carbonyl (C=O) groups is 1. The van der Waals surface area contributed by atoms with Crippen LogP contribution < -0.4 is 10.6 Å². The highest BCUT2D eigenvalue weighted by Crippen LogP contribution is 2.24. The van der Waals surface area contributed by atoms with Crippen molar-refractivity contribution in [2.45, 2.75) is 6.54 Å². The minimum atomic E-state index is -0.404. The predicted molar refractivity (Wildman–Crippen MR) is 79.1 cm³/mol. The molecule has 2 heterocycles. The van der Waals surface area contributed by atoms with E-state index in [4.69, 9.17) is 0 Å². The molecule has 0 aliphatic rings. The fourth-order valence-electron chi connectivity index (χ4n) is 2.03. The minimum absolute atomic E-state index is 0.122. The van der Waals surface area contributed by atoms with E-state index in [9.17, 15) is 9.18 Å². The first-order valence-corrected chi connectivity index (χ1v) is 6.56. The molecule has 0 radical (unpaired) electrons. The van der Waals surface area contributed by atoms with Gasteiger partial charge < -0.3 is 10.6 Å². The molecule has 0 fully saturated rings. The van der Waals surface area contributed by atoms with Crippen molar-refractivity contribution < 1.29 is 9.18 Å². The maximum absolute atomic E-state index is 13.7. The molecule has 22 heavy (non-hydrogen) atoms. The molecule has 0 unspecified atom stereocenters. The van der Waals surface area contributed by atoms with E-state index in [1.807, 2.05) is 0 Å². The smallest absolute Gasteiger partial charge is 0.241 e. The number of hydrogen-bond donors (Lipinski definition) is 2. The van der Waals surface area contributed by atoms with Crippen molar-refractivity contribution in [2.24, 2.45) is 0 Å². The average Bonchev–Trinajstić information content (AvgIpc) is 2.95. The molecule has 8 heteroatoms. The van der Waals surface area contributed by atoms with E-state index < -0.39 is 5.82 Å². The van der Waals surface area contributed by atoms with Crippen molar-refractivity contribution in [1.82, 2.24) is 25.1 Å². The van der Waals surface area contributed by atoms with E-state index in [0.717, 1.165) is 0 Å². The van der Waals surface area contributed by atoms with Crippen LogP contribution in [-0.2, 0) is 11.3 Å². The SMILES string of the molecule is CNC(=O)Cn1cc(Nc2ncnc3c(F)cccc23)cn1. The third kappa shape index (κ3) is 2.71. The minimum Gasteiger partial charge on any atom is -0.358 e. The van der Waals surface area contributed by atoms with Gasteiger partial charge >= 0.3 is 0 Å². The Balaban J connectivity index is 1.88. The number of hydrogen-bond acceptors (Lipinski definition) is 5. The van der Waals surface area contributed by atoms with E-state index >= 15 is 0 Å². The molecule has 3 rings (SSSR count). The molecule has 0 spiro atoms. The molecular formula is C14H13FN6O. The molecule has 0 aliphatic heterocycles. The van der Waals surface area contributed by atoms with Gasteiger partial charge in [-0.15, -0.1) is 0 Å². The van der Waals surface area contributed by atoms with Crippen LogP contribution in [0.5, 0.6) is 0 Å². The first-order chi connectivity index (χ1) is 10.7. The number of nitrogens with zero attached hydrogens (tertiary/aromatic N) is 4. The first-order valence-electron chi connectivity index (χ1n) is 6.56. The van der Waals surface area contributed by atoms with Crippen LogP contribution in [0, 0.1) is 5.82 Å². The molecule has 1 amide bonds. The lowest BCUT2D eigenvalue weighted by Crippen LogP contribution is -2.23. The van der Waals surface area contributed by atoms with Crippen LogP contribution in [0.15, 0.2) is 36.9 Å². The van der Waals surface area contributed by atoms with Gasteiger partial charge in [-0.25, -0.2) is 14.4 Å². The van der Waals surface area contributed by atoms with Crippen LogP contribution in [0.25, 0.3) is 10.9 Å². The zero-order valence-electron chi connectivity index (χ0n) is 11.7. The molecule has 0 atom stereocenters. The van der Waals surface area contributed by atoms with Crippen LogP contribution >= 0.6 is 0 Å². The highest BCUT2D eigenvalue weighted by Gasteiger charge is 2.09. The maximum Gasteiger partial charge on any atom is 0.241 e. The van der Waals surface area contributed by atoms with E-state index in [-0.39, 0.29) is 18.0 Å². The molecular weight excluding hydrogens is 287 g/mol. The van der Waals surface area contributed by atoms with Crippen molar-refractivity contribution in [1.29, 1.82) is 0 Å². The number of anilines is 2. The number of benzene rings is 1.